The van der Waals surface area contributed by atoms with Crippen LogP contribution in [0.3, 0.4) is 0 Å². The molecule has 1 aliphatic rings. The lowest BCUT2D eigenvalue weighted by Crippen LogP contribution is -2.32. The summed E-state index contributed by atoms with van der Waals surface area (Å²) >= 11 is 0. The van der Waals surface area contributed by atoms with Gasteiger partial charge in [0.05, 0.1) is 11.5 Å². The molecule has 1 unspecified atom stereocenters. The number of aliphatic carboxylic acids is 1. The molecule has 3 N–H and O–H groups in total. The quantitative estimate of drug-likeness (QED) is 0.475. The fourth-order valence-electron chi connectivity index (χ4n) is 3.96. The number of benzene rings is 3. The Morgan fingerprint density at radius 3 is 2.24 bits per heavy atom. The van der Waals surface area contributed by atoms with E-state index in [4.69, 9.17) is 9.84 Å². The topological polar surface area (TPSA) is 105 Å². The summed E-state index contributed by atoms with van der Waals surface area (Å²) in [7, 11) is 0. The molecule has 174 valence electrons. The van der Waals surface area contributed by atoms with E-state index in [-0.39, 0.29) is 30.3 Å². The normalized spacial score (nSPS) is 12.9. The molecule has 7 nitrogen and oxygen atoms in total. The summed E-state index contributed by atoms with van der Waals surface area (Å²) in [5.74, 6) is -3.58. The minimum Gasteiger partial charge on any atom is -0.481 e. The standard InChI is InChI=1S/C26H23FN2O5/c1-15(25(31)32)13-28-24(30)21-12-16(10-11-23(21)27)29-26(33)34-14-22-19-8-4-2-6-17(19)18-7-3-5-9-20(18)22/h2-12,15,22H,13-14H2,1H3,(H,28,30)(H,29,33)(H,31,32). The molecule has 34 heavy (non-hydrogen) atoms. The SMILES string of the molecule is CC(CNC(=O)c1cc(NC(=O)OCC2c3ccccc3-c3ccccc32)ccc1F)C(=O)O. The summed E-state index contributed by atoms with van der Waals surface area (Å²) in [4.78, 5) is 35.6. The van der Waals surface area contributed by atoms with E-state index in [1.165, 1.54) is 19.1 Å². The molecular weight excluding hydrogens is 439 g/mol. The smallest absolute Gasteiger partial charge is 0.411 e. The van der Waals surface area contributed by atoms with Crippen molar-refractivity contribution < 1.29 is 28.6 Å². The number of carbonyl (C=O) groups is 3. The van der Waals surface area contributed by atoms with Gasteiger partial charge in [-0.2, -0.15) is 0 Å². The first-order valence-electron chi connectivity index (χ1n) is 10.8. The zero-order valence-corrected chi connectivity index (χ0v) is 18.4. The first-order chi connectivity index (χ1) is 16.3. The number of ether oxygens (including phenoxy) is 1. The Labute approximate surface area is 195 Å². The van der Waals surface area contributed by atoms with E-state index in [9.17, 15) is 18.8 Å². The van der Waals surface area contributed by atoms with E-state index in [1.807, 2.05) is 48.5 Å². The van der Waals surface area contributed by atoms with E-state index >= 15 is 0 Å². The Kier molecular flexibility index (Phi) is 6.58. The van der Waals surface area contributed by atoms with Crippen LogP contribution in [-0.2, 0) is 9.53 Å². The predicted molar refractivity (Wildman–Crippen MR) is 124 cm³/mol. The van der Waals surface area contributed by atoms with E-state index in [0.717, 1.165) is 28.3 Å². The highest BCUT2D eigenvalue weighted by molar-refractivity contribution is 5.96. The molecule has 1 aliphatic carbocycles. The van der Waals surface area contributed by atoms with Crippen LogP contribution in [0.1, 0.15) is 34.3 Å². The predicted octanol–water partition coefficient (Wildman–Crippen LogP) is 4.64. The first-order valence-corrected chi connectivity index (χ1v) is 10.8. The molecule has 0 heterocycles. The van der Waals surface area contributed by atoms with Gasteiger partial charge in [-0.05, 0) is 40.5 Å². The molecule has 1 atom stereocenters. The number of fused-ring (bicyclic) bond motifs is 3. The Balaban J connectivity index is 1.41. The Morgan fingerprint density at radius 1 is 1.00 bits per heavy atom. The van der Waals surface area contributed by atoms with Crippen molar-refractivity contribution in [3.63, 3.8) is 0 Å². The second kappa shape index (κ2) is 9.74. The average molecular weight is 462 g/mol. The van der Waals surface area contributed by atoms with Gasteiger partial charge in [-0.3, -0.25) is 14.9 Å². The highest BCUT2D eigenvalue weighted by atomic mass is 19.1. The number of anilines is 1. The number of nitrogens with one attached hydrogen (secondary N) is 2. The maximum Gasteiger partial charge on any atom is 0.411 e. The minimum atomic E-state index is -1.08. The highest BCUT2D eigenvalue weighted by Gasteiger charge is 2.29. The molecule has 0 bridgehead atoms. The number of carboxylic acids is 1. The fourth-order valence-corrected chi connectivity index (χ4v) is 3.96. The maximum atomic E-state index is 14.2. The Hall–Kier alpha value is -4.20. The zero-order chi connectivity index (χ0) is 24.2. The highest BCUT2D eigenvalue weighted by Crippen LogP contribution is 2.44. The Morgan fingerprint density at radius 2 is 1.62 bits per heavy atom. The molecule has 3 aromatic rings. The third-order valence-electron chi connectivity index (χ3n) is 5.79. The summed E-state index contributed by atoms with van der Waals surface area (Å²) in [6.45, 7) is 1.38. The number of carbonyl (C=O) groups excluding carboxylic acids is 2. The number of rotatable bonds is 7. The van der Waals surface area contributed by atoms with Crippen LogP contribution in [0.25, 0.3) is 11.1 Å². The summed E-state index contributed by atoms with van der Waals surface area (Å²) in [5, 5.41) is 13.8. The average Bonchev–Trinajstić information content (AvgIpc) is 3.16. The van der Waals surface area contributed by atoms with Gasteiger partial charge in [-0.25, -0.2) is 9.18 Å². The van der Waals surface area contributed by atoms with Crippen molar-refractivity contribution >= 4 is 23.7 Å². The van der Waals surface area contributed by atoms with Gasteiger partial charge in [-0.15, -0.1) is 0 Å². The van der Waals surface area contributed by atoms with Crippen molar-refractivity contribution in [2.24, 2.45) is 5.92 Å². The van der Waals surface area contributed by atoms with Crippen LogP contribution in [0.5, 0.6) is 0 Å². The lowest BCUT2D eigenvalue weighted by Gasteiger charge is -2.15. The van der Waals surface area contributed by atoms with Gasteiger partial charge < -0.3 is 15.2 Å². The van der Waals surface area contributed by atoms with Gasteiger partial charge in [0.25, 0.3) is 5.91 Å². The molecule has 0 spiro atoms. The van der Waals surface area contributed by atoms with E-state index in [1.54, 1.807) is 0 Å². The molecule has 0 aliphatic heterocycles. The summed E-state index contributed by atoms with van der Waals surface area (Å²) in [5.41, 5.74) is 4.24. The van der Waals surface area contributed by atoms with Gasteiger partial charge >= 0.3 is 12.1 Å². The van der Waals surface area contributed by atoms with Gasteiger partial charge in [-0.1, -0.05) is 55.5 Å². The molecule has 0 fully saturated rings. The maximum absolute atomic E-state index is 14.2. The summed E-state index contributed by atoms with van der Waals surface area (Å²) in [6.07, 6.45) is -0.737. The monoisotopic (exact) mass is 462 g/mol. The third-order valence-corrected chi connectivity index (χ3v) is 5.79. The number of hydrogen-bond donors (Lipinski definition) is 3. The first kappa shape index (κ1) is 23.0. The second-order valence-corrected chi connectivity index (χ2v) is 8.09. The lowest BCUT2D eigenvalue weighted by atomic mass is 9.98. The second-order valence-electron chi connectivity index (χ2n) is 8.09. The van der Waals surface area contributed by atoms with E-state index in [0.29, 0.717) is 0 Å². The van der Waals surface area contributed by atoms with Crippen molar-refractivity contribution in [3.8, 4) is 11.1 Å². The number of hydrogen-bond acceptors (Lipinski definition) is 4. The van der Waals surface area contributed by atoms with Crippen LogP contribution in [0.2, 0.25) is 0 Å². The minimum absolute atomic E-state index is 0.107. The lowest BCUT2D eigenvalue weighted by molar-refractivity contribution is -0.140. The molecule has 4 rings (SSSR count). The Bertz CT molecular complexity index is 1210. The van der Waals surface area contributed by atoms with Crippen molar-refractivity contribution in [2.45, 2.75) is 12.8 Å². The number of carboxylic acid groups (broad SMARTS) is 1. The molecule has 8 heteroatoms. The molecule has 0 saturated carbocycles. The molecule has 0 saturated heterocycles. The van der Waals surface area contributed by atoms with Crippen molar-refractivity contribution in [3.05, 3.63) is 89.2 Å². The third kappa shape index (κ3) is 4.76. The number of halogens is 1. The van der Waals surface area contributed by atoms with Crippen molar-refractivity contribution in [1.82, 2.24) is 5.32 Å². The largest absolute Gasteiger partial charge is 0.481 e. The van der Waals surface area contributed by atoms with Crippen LogP contribution in [0.4, 0.5) is 14.9 Å². The van der Waals surface area contributed by atoms with Crippen LogP contribution in [-0.4, -0.2) is 36.2 Å². The molecule has 0 aromatic heterocycles. The van der Waals surface area contributed by atoms with E-state index < -0.39 is 29.7 Å². The molecule has 3 aromatic carbocycles. The number of amides is 2. The van der Waals surface area contributed by atoms with Gasteiger partial charge in [0.15, 0.2) is 0 Å². The van der Waals surface area contributed by atoms with Crippen LogP contribution < -0.4 is 10.6 Å². The molecule has 0 radical (unpaired) electrons. The fraction of sp³-hybridized carbons (Fsp3) is 0.192. The van der Waals surface area contributed by atoms with Crippen molar-refractivity contribution in [1.29, 1.82) is 0 Å². The summed E-state index contributed by atoms with van der Waals surface area (Å²) in [6, 6.07) is 19.5. The van der Waals surface area contributed by atoms with Gasteiger partial charge in [0.2, 0.25) is 0 Å². The molecule has 2 amide bonds. The summed E-state index contributed by atoms with van der Waals surface area (Å²) < 4.78 is 19.6. The van der Waals surface area contributed by atoms with Crippen LogP contribution in [0, 0.1) is 11.7 Å². The van der Waals surface area contributed by atoms with Crippen molar-refractivity contribution in [2.75, 3.05) is 18.5 Å². The van der Waals surface area contributed by atoms with Crippen LogP contribution in [0.15, 0.2) is 66.7 Å². The van der Waals surface area contributed by atoms with Gasteiger partial charge in [0.1, 0.15) is 12.4 Å². The van der Waals surface area contributed by atoms with E-state index in [2.05, 4.69) is 10.6 Å². The van der Waals surface area contributed by atoms with Crippen LogP contribution >= 0.6 is 0 Å². The molecular formula is C26H23FN2O5. The zero-order valence-electron chi connectivity index (χ0n) is 18.4. The van der Waals surface area contributed by atoms with Gasteiger partial charge in [0, 0.05) is 18.2 Å².